The summed E-state index contributed by atoms with van der Waals surface area (Å²) in [5.74, 6) is 0.00111. The molecular weight excluding hydrogens is 236 g/mol. The third-order valence-electron chi connectivity index (χ3n) is 4.14. The smallest absolute Gasteiger partial charge is 0.176 e. The molecule has 0 amide bonds. The molecule has 2 nitrogen and oxygen atoms in total. The van der Waals surface area contributed by atoms with Crippen LogP contribution in [0.3, 0.4) is 0 Å². The van der Waals surface area contributed by atoms with Crippen LogP contribution in [-0.4, -0.2) is 10.9 Å². The molecule has 1 aliphatic carbocycles. The van der Waals surface area contributed by atoms with Gasteiger partial charge in [-0.1, -0.05) is 54.1 Å². The van der Waals surface area contributed by atoms with Crippen molar-refractivity contribution in [2.45, 2.75) is 25.4 Å². The number of rotatable bonds is 1. The first-order valence-corrected chi connectivity index (χ1v) is 6.44. The fraction of sp³-hybridized carbons (Fsp3) is 0.235. The first-order chi connectivity index (χ1) is 9.05. The molecule has 0 spiro atoms. The second-order valence-corrected chi connectivity index (χ2v) is 5.39. The monoisotopic (exact) mass is 252 g/mol. The minimum Gasteiger partial charge on any atom is -0.387 e. The summed E-state index contributed by atoms with van der Waals surface area (Å²) in [5.41, 5.74) is 2.46. The van der Waals surface area contributed by atoms with Crippen molar-refractivity contribution in [1.29, 1.82) is 0 Å². The van der Waals surface area contributed by atoms with Crippen molar-refractivity contribution < 1.29 is 9.90 Å². The van der Waals surface area contributed by atoms with E-state index in [1.54, 1.807) is 6.07 Å². The lowest BCUT2D eigenvalue weighted by molar-refractivity contribution is 0.0684. The van der Waals surface area contributed by atoms with E-state index >= 15 is 0 Å². The van der Waals surface area contributed by atoms with Crippen LogP contribution in [0.4, 0.5) is 0 Å². The molecule has 2 unspecified atom stereocenters. The highest BCUT2D eigenvalue weighted by Crippen LogP contribution is 2.47. The van der Waals surface area contributed by atoms with Crippen LogP contribution in [0.2, 0.25) is 0 Å². The van der Waals surface area contributed by atoms with Gasteiger partial charge in [-0.05, 0) is 25.0 Å². The SMILES string of the molecule is Cc1cccc(C2(C)C(=O)c3ccccc3C2O)c1. The van der Waals surface area contributed by atoms with Gasteiger partial charge in [0.25, 0.3) is 0 Å². The Bertz CT molecular complexity index is 660. The van der Waals surface area contributed by atoms with Gasteiger partial charge in [0.15, 0.2) is 5.78 Å². The molecule has 96 valence electrons. The highest BCUT2D eigenvalue weighted by molar-refractivity contribution is 6.08. The van der Waals surface area contributed by atoms with Crippen molar-refractivity contribution in [3.63, 3.8) is 0 Å². The van der Waals surface area contributed by atoms with E-state index in [4.69, 9.17) is 0 Å². The molecule has 1 aliphatic rings. The number of carbonyl (C=O) groups excluding carboxylic acids is 1. The van der Waals surface area contributed by atoms with Gasteiger partial charge in [0.05, 0.1) is 11.5 Å². The number of aryl methyl sites for hydroxylation is 1. The first kappa shape index (κ1) is 12.1. The number of aliphatic hydroxyl groups excluding tert-OH is 1. The van der Waals surface area contributed by atoms with Gasteiger partial charge in [0.2, 0.25) is 0 Å². The van der Waals surface area contributed by atoms with Gasteiger partial charge in [-0.15, -0.1) is 0 Å². The molecule has 0 heterocycles. The van der Waals surface area contributed by atoms with Crippen molar-refractivity contribution in [2.75, 3.05) is 0 Å². The van der Waals surface area contributed by atoms with E-state index < -0.39 is 11.5 Å². The van der Waals surface area contributed by atoms with Crippen LogP contribution in [0.5, 0.6) is 0 Å². The normalized spacial score (nSPS) is 25.4. The fourth-order valence-corrected chi connectivity index (χ4v) is 2.91. The van der Waals surface area contributed by atoms with Gasteiger partial charge in [-0.2, -0.15) is 0 Å². The molecular formula is C17H16O2. The standard InChI is InChI=1S/C17H16O2/c1-11-6-5-7-12(10-11)17(2)15(18)13-8-3-4-9-14(13)16(17)19/h3-10,15,18H,1-2H3. The third-order valence-corrected chi connectivity index (χ3v) is 4.14. The molecule has 2 atom stereocenters. The first-order valence-electron chi connectivity index (χ1n) is 6.44. The van der Waals surface area contributed by atoms with Crippen LogP contribution in [-0.2, 0) is 5.41 Å². The predicted molar refractivity (Wildman–Crippen MR) is 74.3 cm³/mol. The maximum atomic E-state index is 12.7. The number of ketones is 1. The Hall–Kier alpha value is -1.93. The van der Waals surface area contributed by atoms with E-state index in [0.29, 0.717) is 5.56 Å². The Morgan fingerprint density at radius 2 is 1.84 bits per heavy atom. The van der Waals surface area contributed by atoms with Crippen molar-refractivity contribution in [3.8, 4) is 0 Å². The van der Waals surface area contributed by atoms with Gasteiger partial charge in [-0.3, -0.25) is 4.79 Å². The lowest BCUT2D eigenvalue weighted by Gasteiger charge is -2.27. The summed E-state index contributed by atoms with van der Waals surface area (Å²) in [5, 5.41) is 10.6. The van der Waals surface area contributed by atoms with Crippen molar-refractivity contribution in [3.05, 3.63) is 70.8 Å². The molecule has 2 aromatic rings. The van der Waals surface area contributed by atoms with Crippen molar-refractivity contribution in [1.82, 2.24) is 0 Å². The van der Waals surface area contributed by atoms with E-state index in [-0.39, 0.29) is 5.78 Å². The number of hydrogen-bond donors (Lipinski definition) is 1. The predicted octanol–water partition coefficient (Wildman–Crippen LogP) is 3.18. The molecule has 2 heteroatoms. The Labute approximate surface area is 112 Å². The number of fused-ring (bicyclic) bond motifs is 1. The van der Waals surface area contributed by atoms with E-state index in [1.807, 2.05) is 56.3 Å². The number of Topliss-reactive ketones (excluding diaryl/α,β-unsaturated/α-hetero) is 1. The fourth-order valence-electron chi connectivity index (χ4n) is 2.91. The second kappa shape index (κ2) is 4.04. The third kappa shape index (κ3) is 1.57. The molecule has 0 bridgehead atoms. The summed E-state index contributed by atoms with van der Waals surface area (Å²) < 4.78 is 0. The van der Waals surface area contributed by atoms with Crippen molar-refractivity contribution >= 4 is 5.78 Å². The van der Waals surface area contributed by atoms with Crippen LogP contribution in [0.25, 0.3) is 0 Å². The zero-order valence-electron chi connectivity index (χ0n) is 11.1. The minimum absolute atomic E-state index is 0.00111. The zero-order chi connectivity index (χ0) is 13.6. The Morgan fingerprint density at radius 1 is 1.11 bits per heavy atom. The van der Waals surface area contributed by atoms with Crippen LogP contribution in [0.15, 0.2) is 48.5 Å². The summed E-state index contributed by atoms with van der Waals surface area (Å²) in [7, 11) is 0. The summed E-state index contributed by atoms with van der Waals surface area (Å²) in [6, 6.07) is 15.1. The van der Waals surface area contributed by atoms with E-state index in [9.17, 15) is 9.90 Å². The zero-order valence-corrected chi connectivity index (χ0v) is 11.1. The molecule has 3 rings (SSSR count). The van der Waals surface area contributed by atoms with Gasteiger partial charge in [0.1, 0.15) is 0 Å². The molecule has 0 aromatic heterocycles. The molecule has 0 saturated heterocycles. The van der Waals surface area contributed by atoms with Gasteiger partial charge >= 0.3 is 0 Å². The van der Waals surface area contributed by atoms with Gasteiger partial charge < -0.3 is 5.11 Å². The molecule has 0 fully saturated rings. The molecule has 0 radical (unpaired) electrons. The molecule has 2 aromatic carbocycles. The molecule has 1 N–H and O–H groups in total. The van der Waals surface area contributed by atoms with Crippen LogP contribution >= 0.6 is 0 Å². The van der Waals surface area contributed by atoms with Crippen LogP contribution < -0.4 is 0 Å². The molecule has 0 saturated carbocycles. The van der Waals surface area contributed by atoms with Crippen molar-refractivity contribution in [2.24, 2.45) is 0 Å². The number of benzene rings is 2. The Kier molecular flexibility index (Phi) is 2.58. The Morgan fingerprint density at radius 3 is 2.53 bits per heavy atom. The highest BCUT2D eigenvalue weighted by atomic mass is 16.3. The highest BCUT2D eigenvalue weighted by Gasteiger charge is 2.50. The molecule has 0 aliphatic heterocycles. The Balaban J connectivity index is 2.20. The average Bonchev–Trinajstić information content (AvgIpc) is 2.63. The minimum atomic E-state index is -0.879. The molecule has 19 heavy (non-hydrogen) atoms. The van der Waals surface area contributed by atoms with E-state index in [2.05, 4.69) is 0 Å². The van der Waals surface area contributed by atoms with Gasteiger partial charge in [-0.25, -0.2) is 0 Å². The topological polar surface area (TPSA) is 37.3 Å². The largest absolute Gasteiger partial charge is 0.387 e. The second-order valence-electron chi connectivity index (χ2n) is 5.39. The summed E-state index contributed by atoms with van der Waals surface area (Å²) >= 11 is 0. The van der Waals surface area contributed by atoms with E-state index in [0.717, 1.165) is 16.7 Å². The summed E-state index contributed by atoms with van der Waals surface area (Å²) in [4.78, 5) is 12.7. The van der Waals surface area contributed by atoms with E-state index in [1.165, 1.54) is 0 Å². The number of hydrogen-bond acceptors (Lipinski definition) is 2. The maximum absolute atomic E-state index is 12.7. The lowest BCUT2D eigenvalue weighted by Crippen LogP contribution is -2.33. The summed E-state index contributed by atoms with van der Waals surface area (Å²) in [6.45, 7) is 3.82. The number of carbonyl (C=O) groups is 1. The van der Waals surface area contributed by atoms with Crippen LogP contribution in [0.1, 0.15) is 40.1 Å². The van der Waals surface area contributed by atoms with Gasteiger partial charge in [0, 0.05) is 5.56 Å². The summed E-state index contributed by atoms with van der Waals surface area (Å²) in [6.07, 6.45) is -0.780. The maximum Gasteiger partial charge on any atom is 0.176 e. The van der Waals surface area contributed by atoms with Crippen LogP contribution in [0, 0.1) is 6.92 Å². The quantitative estimate of drug-likeness (QED) is 0.846. The number of aliphatic hydroxyl groups is 1. The lowest BCUT2D eigenvalue weighted by atomic mass is 9.76. The average molecular weight is 252 g/mol.